The van der Waals surface area contributed by atoms with Crippen molar-refractivity contribution in [2.24, 2.45) is 0 Å². The van der Waals surface area contributed by atoms with Gasteiger partial charge in [0.05, 0.1) is 6.26 Å². The zero-order valence-electron chi connectivity index (χ0n) is 19.4. The van der Waals surface area contributed by atoms with Gasteiger partial charge in [-0.3, -0.25) is 9.62 Å². The molecule has 0 bridgehead atoms. The van der Waals surface area contributed by atoms with Crippen molar-refractivity contribution in [1.82, 2.24) is 4.90 Å². The molecular weight excluding hydrogens is 420 g/mol. The molecular formula is C26H34N2O3S. The van der Waals surface area contributed by atoms with Gasteiger partial charge < -0.3 is 4.74 Å². The summed E-state index contributed by atoms with van der Waals surface area (Å²) in [5.74, 6) is 1.26. The second-order valence-electron chi connectivity index (χ2n) is 10.2. The van der Waals surface area contributed by atoms with Gasteiger partial charge >= 0.3 is 0 Å². The average Bonchev–Trinajstić information content (AvgIpc) is 2.73. The summed E-state index contributed by atoms with van der Waals surface area (Å²) >= 11 is 0. The van der Waals surface area contributed by atoms with Gasteiger partial charge in [-0.25, -0.2) is 8.42 Å². The van der Waals surface area contributed by atoms with Gasteiger partial charge in [-0.15, -0.1) is 0 Å². The second-order valence-corrected chi connectivity index (χ2v) is 12.0. The molecule has 2 aromatic rings. The van der Waals surface area contributed by atoms with Crippen molar-refractivity contribution < 1.29 is 13.2 Å². The number of aryl methyl sites for hydroxylation is 2. The van der Waals surface area contributed by atoms with Crippen LogP contribution in [-0.2, 0) is 22.9 Å². The molecule has 2 aromatic carbocycles. The highest BCUT2D eigenvalue weighted by Crippen LogP contribution is 2.46. The Bertz CT molecular complexity index is 1120. The number of sulfonamides is 1. The highest BCUT2D eigenvalue weighted by Gasteiger charge is 2.43. The van der Waals surface area contributed by atoms with Crippen molar-refractivity contribution in [3.63, 3.8) is 0 Å². The van der Waals surface area contributed by atoms with E-state index in [1.807, 2.05) is 18.2 Å². The summed E-state index contributed by atoms with van der Waals surface area (Å²) < 4.78 is 32.4. The second kappa shape index (κ2) is 8.07. The molecule has 0 amide bonds. The summed E-state index contributed by atoms with van der Waals surface area (Å²) in [4.78, 5) is 2.69. The maximum atomic E-state index is 11.6. The molecule has 3 aliphatic rings. The van der Waals surface area contributed by atoms with Crippen molar-refractivity contribution in [3.8, 4) is 5.75 Å². The van der Waals surface area contributed by atoms with Crippen LogP contribution < -0.4 is 9.46 Å². The van der Waals surface area contributed by atoms with E-state index in [-0.39, 0.29) is 5.60 Å². The predicted octanol–water partition coefficient (Wildman–Crippen LogP) is 4.64. The lowest BCUT2D eigenvalue weighted by Gasteiger charge is -2.48. The molecule has 1 saturated heterocycles. The SMILES string of the molecule is Cc1ccc2c(c1)CCC(N1CCC3(CC1)CC(C)c1cc(NS(C)(=O)=O)ccc1O3)C2. The van der Waals surface area contributed by atoms with E-state index in [2.05, 4.69) is 41.7 Å². The fraction of sp³-hybridized carbons (Fsp3) is 0.538. The van der Waals surface area contributed by atoms with E-state index >= 15 is 0 Å². The number of benzene rings is 2. The molecule has 0 radical (unpaired) electrons. The average molecular weight is 455 g/mol. The van der Waals surface area contributed by atoms with Crippen LogP contribution in [0.2, 0.25) is 0 Å². The first kappa shape index (κ1) is 21.8. The Labute approximate surface area is 192 Å². The minimum absolute atomic E-state index is 0.0988. The van der Waals surface area contributed by atoms with Crippen molar-refractivity contribution in [3.05, 3.63) is 58.7 Å². The summed E-state index contributed by atoms with van der Waals surface area (Å²) in [6, 6.07) is 13.3. The molecule has 1 fully saturated rings. The van der Waals surface area contributed by atoms with Crippen molar-refractivity contribution in [2.75, 3.05) is 24.1 Å². The molecule has 2 atom stereocenters. The van der Waals surface area contributed by atoms with E-state index < -0.39 is 10.0 Å². The topological polar surface area (TPSA) is 58.6 Å². The summed E-state index contributed by atoms with van der Waals surface area (Å²) in [7, 11) is -3.28. The number of ether oxygens (including phenoxy) is 1. The van der Waals surface area contributed by atoms with Crippen LogP contribution >= 0.6 is 0 Å². The Morgan fingerprint density at radius 3 is 2.62 bits per heavy atom. The molecule has 1 spiro atoms. The van der Waals surface area contributed by atoms with Crippen molar-refractivity contribution in [2.45, 2.75) is 69.9 Å². The smallest absolute Gasteiger partial charge is 0.229 e. The fourth-order valence-corrected chi connectivity index (χ4v) is 6.58. The summed E-state index contributed by atoms with van der Waals surface area (Å²) in [5, 5.41) is 0. The first-order valence-electron chi connectivity index (χ1n) is 11.8. The lowest BCUT2D eigenvalue weighted by Crippen LogP contribution is -2.53. The first-order chi connectivity index (χ1) is 15.2. The Morgan fingerprint density at radius 2 is 1.88 bits per heavy atom. The number of likely N-dealkylation sites (tertiary alicyclic amines) is 1. The van der Waals surface area contributed by atoms with E-state index in [1.54, 1.807) is 5.56 Å². The van der Waals surface area contributed by atoms with Gasteiger partial charge in [0.1, 0.15) is 11.4 Å². The molecule has 2 aliphatic heterocycles. The maximum absolute atomic E-state index is 11.6. The number of rotatable bonds is 3. The van der Waals surface area contributed by atoms with Gasteiger partial charge in [-0.2, -0.15) is 0 Å². The zero-order valence-corrected chi connectivity index (χ0v) is 20.2. The summed E-state index contributed by atoms with van der Waals surface area (Å²) in [6.07, 6.45) is 7.88. The van der Waals surface area contributed by atoms with Gasteiger partial charge in [0.25, 0.3) is 0 Å². The third-order valence-corrected chi connectivity index (χ3v) is 8.24. The Balaban J connectivity index is 1.26. The molecule has 1 N–H and O–H groups in total. The number of hydrogen-bond donors (Lipinski definition) is 1. The van der Waals surface area contributed by atoms with Crippen molar-refractivity contribution in [1.29, 1.82) is 0 Å². The largest absolute Gasteiger partial charge is 0.487 e. The molecule has 0 saturated carbocycles. The van der Waals surface area contributed by atoms with Gasteiger partial charge in [-0.1, -0.05) is 30.7 Å². The van der Waals surface area contributed by atoms with E-state index in [0.717, 1.165) is 43.7 Å². The van der Waals surface area contributed by atoms with E-state index in [4.69, 9.17) is 4.74 Å². The Kier molecular flexibility index (Phi) is 5.49. The summed E-state index contributed by atoms with van der Waals surface area (Å²) in [6.45, 7) is 6.59. The Morgan fingerprint density at radius 1 is 1.09 bits per heavy atom. The molecule has 32 heavy (non-hydrogen) atoms. The zero-order chi connectivity index (χ0) is 22.5. The molecule has 172 valence electrons. The van der Waals surface area contributed by atoms with Crippen LogP contribution in [0.25, 0.3) is 0 Å². The van der Waals surface area contributed by atoms with E-state index in [0.29, 0.717) is 17.6 Å². The molecule has 0 aromatic heterocycles. The van der Waals surface area contributed by atoms with Gasteiger partial charge in [0, 0.05) is 24.8 Å². The normalized spacial score (nSPS) is 25.0. The highest BCUT2D eigenvalue weighted by atomic mass is 32.2. The lowest BCUT2D eigenvalue weighted by molar-refractivity contribution is -0.0314. The predicted molar refractivity (Wildman–Crippen MR) is 129 cm³/mol. The lowest BCUT2D eigenvalue weighted by atomic mass is 9.77. The minimum Gasteiger partial charge on any atom is -0.487 e. The van der Waals surface area contributed by atoms with Crippen LogP contribution in [0.1, 0.15) is 60.8 Å². The van der Waals surface area contributed by atoms with E-state index in [9.17, 15) is 8.42 Å². The summed E-state index contributed by atoms with van der Waals surface area (Å²) in [5.41, 5.74) is 6.05. The minimum atomic E-state index is -3.28. The van der Waals surface area contributed by atoms with Crippen LogP contribution in [0.15, 0.2) is 36.4 Å². The number of hydrogen-bond acceptors (Lipinski definition) is 4. The van der Waals surface area contributed by atoms with Gasteiger partial charge in [0.15, 0.2) is 0 Å². The van der Waals surface area contributed by atoms with Crippen LogP contribution in [0.5, 0.6) is 5.75 Å². The first-order valence-corrected chi connectivity index (χ1v) is 13.7. The fourth-order valence-electron chi connectivity index (χ4n) is 6.03. The van der Waals surface area contributed by atoms with Crippen LogP contribution in [-0.4, -0.2) is 44.3 Å². The van der Waals surface area contributed by atoms with Crippen LogP contribution in [0, 0.1) is 6.92 Å². The van der Waals surface area contributed by atoms with Crippen LogP contribution in [0.4, 0.5) is 5.69 Å². The number of piperidine rings is 1. The highest BCUT2D eigenvalue weighted by molar-refractivity contribution is 7.92. The number of fused-ring (bicyclic) bond motifs is 2. The van der Waals surface area contributed by atoms with Crippen molar-refractivity contribution >= 4 is 15.7 Å². The van der Waals surface area contributed by atoms with Gasteiger partial charge in [0.2, 0.25) is 10.0 Å². The molecule has 2 unspecified atom stereocenters. The number of nitrogens with one attached hydrogen (secondary N) is 1. The molecule has 5 rings (SSSR count). The van der Waals surface area contributed by atoms with E-state index in [1.165, 1.54) is 36.6 Å². The van der Waals surface area contributed by atoms with Gasteiger partial charge in [-0.05, 0) is 86.3 Å². The third kappa shape index (κ3) is 4.40. The maximum Gasteiger partial charge on any atom is 0.229 e. The quantitative estimate of drug-likeness (QED) is 0.734. The number of nitrogens with zero attached hydrogens (tertiary/aromatic N) is 1. The Hall–Kier alpha value is -2.05. The molecule has 1 aliphatic carbocycles. The standard InChI is InChI=1S/C26H34N2O3S/c1-18-4-5-21-15-23(8-6-20(21)14-18)28-12-10-26(11-13-28)17-19(2)24-16-22(27-32(3,29)30)7-9-25(24)31-26/h4-5,7,9,14,16,19,23,27H,6,8,10-13,15,17H2,1-3H3. The van der Waals surface area contributed by atoms with Crippen LogP contribution in [0.3, 0.4) is 0 Å². The molecule has 6 heteroatoms. The molecule has 5 nitrogen and oxygen atoms in total. The number of anilines is 1. The monoisotopic (exact) mass is 454 g/mol. The molecule has 2 heterocycles. The third-order valence-electron chi connectivity index (χ3n) is 7.64.